The van der Waals surface area contributed by atoms with E-state index in [0.717, 1.165) is 62.1 Å². The molecule has 55 heavy (non-hydrogen) atoms. The first-order valence-electron chi connectivity index (χ1n) is 17.8. The topological polar surface area (TPSA) is 61.4 Å². The highest BCUT2D eigenvalue weighted by atomic mass is 19.4. The summed E-state index contributed by atoms with van der Waals surface area (Å²) in [6.45, 7) is 2.11. The van der Waals surface area contributed by atoms with Crippen molar-refractivity contribution in [1.82, 2.24) is 29.1 Å². The molecule has 0 radical (unpaired) electrons. The number of fused-ring (bicyclic) bond motifs is 6. The Labute approximate surface area is 312 Å². The molecule has 0 aliphatic heterocycles. The van der Waals surface area contributed by atoms with Crippen LogP contribution >= 0.6 is 0 Å². The minimum atomic E-state index is -4.45. The van der Waals surface area contributed by atoms with Crippen LogP contribution < -0.4 is 0 Å². The molecule has 0 aliphatic carbocycles. The van der Waals surface area contributed by atoms with E-state index in [0.29, 0.717) is 27.5 Å². The summed E-state index contributed by atoms with van der Waals surface area (Å²) in [6, 6.07) is 42.2. The number of pyridine rings is 4. The van der Waals surface area contributed by atoms with E-state index in [-0.39, 0.29) is 0 Å². The molecule has 10 aromatic rings. The fourth-order valence-electron chi connectivity index (χ4n) is 7.67. The summed E-state index contributed by atoms with van der Waals surface area (Å²) >= 11 is 0. The number of hydrogen-bond acceptors (Lipinski definition) is 4. The third-order valence-electron chi connectivity index (χ3n) is 10.2. The molecule has 10 rings (SSSR count). The van der Waals surface area contributed by atoms with Crippen molar-refractivity contribution in [1.29, 1.82) is 0 Å². The van der Waals surface area contributed by atoms with E-state index < -0.39 is 11.7 Å². The molecule has 0 bridgehead atoms. The van der Waals surface area contributed by atoms with Gasteiger partial charge < -0.3 is 9.13 Å². The van der Waals surface area contributed by atoms with Crippen molar-refractivity contribution in [3.05, 3.63) is 169 Å². The summed E-state index contributed by atoms with van der Waals surface area (Å²) in [5, 5.41) is 3.55. The molecule has 0 saturated carbocycles. The van der Waals surface area contributed by atoms with Crippen LogP contribution in [0, 0.1) is 6.92 Å². The van der Waals surface area contributed by atoms with E-state index in [4.69, 9.17) is 9.97 Å². The van der Waals surface area contributed by atoms with Crippen molar-refractivity contribution in [2.45, 2.75) is 13.1 Å². The monoisotopic (exact) mass is 722 g/mol. The summed E-state index contributed by atoms with van der Waals surface area (Å²) in [7, 11) is 0. The van der Waals surface area contributed by atoms with Crippen molar-refractivity contribution in [3.63, 3.8) is 0 Å². The molecular formula is C46H29F3N6. The maximum atomic E-state index is 13.7. The van der Waals surface area contributed by atoms with Crippen molar-refractivity contribution < 1.29 is 13.2 Å². The van der Waals surface area contributed by atoms with Gasteiger partial charge in [0.15, 0.2) is 0 Å². The zero-order valence-electron chi connectivity index (χ0n) is 29.3. The SMILES string of the molecule is Cc1ccc2c(c1)c1ccncc1n2-c1cccc(-c2cccc(-c3cccc(-c4cccc(-n5c6ccc(C(F)(F)F)cc6c6ccncc65)c4)n3)n2)c1. The smallest absolute Gasteiger partial charge is 0.308 e. The summed E-state index contributed by atoms with van der Waals surface area (Å²) in [4.78, 5) is 18.9. The highest BCUT2D eigenvalue weighted by Crippen LogP contribution is 2.38. The van der Waals surface area contributed by atoms with Crippen LogP contribution in [0.25, 0.3) is 88.9 Å². The zero-order chi connectivity index (χ0) is 37.3. The van der Waals surface area contributed by atoms with Gasteiger partial charge in [-0.2, -0.15) is 13.2 Å². The van der Waals surface area contributed by atoms with E-state index >= 15 is 0 Å². The Hall–Kier alpha value is -7.13. The molecule has 0 aliphatic rings. The van der Waals surface area contributed by atoms with Gasteiger partial charge in [-0.25, -0.2) is 9.97 Å². The van der Waals surface area contributed by atoms with Crippen LogP contribution in [0.15, 0.2) is 158 Å². The Balaban J connectivity index is 1.02. The predicted octanol–water partition coefficient (Wildman–Crippen LogP) is 11.8. The minimum Gasteiger partial charge on any atom is -0.308 e. The van der Waals surface area contributed by atoms with E-state index in [2.05, 4.69) is 70.0 Å². The first-order chi connectivity index (χ1) is 26.8. The molecule has 264 valence electrons. The lowest BCUT2D eigenvalue weighted by atomic mass is 10.1. The molecule has 0 unspecified atom stereocenters. The molecular weight excluding hydrogens is 694 g/mol. The van der Waals surface area contributed by atoms with Crippen molar-refractivity contribution in [2.75, 3.05) is 0 Å². The third-order valence-corrected chi connectivity index (χ3v) is 10.2. The highest BCUT2D eigenvalue weighted by Gasteiger charge is 2.31. The summed E-state index contributed by atoms with van der Waals surface area (Å²) < 4.78 is 45.3. The van der Waals surface area contributed by atoms with Gasteiger partial charge >= 0.3 is 6.18 Å². The Morgan fingerprint density at radius 3 is 1.49 bits per heavy atom. The maximum absolute atomic E-state index is 13.7. The lowest BCUT2D eigenvalue weighted by molar-refractivity contribution is -0.137. The average Bonchev–Trinajstić information content (AvgIpc) is 3.73. The Kier molecular flexibility index (Phi) is 7.38. The number of nitrogens with zero attached hydrogens (tertiary/aromatic N) is 6. The molecule has 6 aromatic heterocycles. The number of hydrogen-bond donors (Lipinski definition) is 0. The standard InChI is InChI=1S/C46H29F3N6/c1-28-14-16-42-36(22-28)34-18-20-50-26-44(34)54(42)32-8-2-6-29(23-32)38-10-4-12-40(52-38)41-13-5-11-39(53-41)30-7-3-9-33(24-30)55-43-17-15-31(46(47,48)49)25-37(43)35-19-21-51-27-45(35)55/h2-27H,1H3. The quantitative estimate of drug-likeness (QED) is 0.177. The van der Waals surface area contributed by atoms with Crippen LogP contribution in [-0.4, -0.2) is 29.1 Å². The Bertz CT molecular complexity index is 3120. The summed E-state index contributed by atoms with van der Waals surface area (Å²) in [6.07, 6.45) is 2.58. The fraction of sp³-hybridized carbons (Fsp3) is 0.0435. The molecule has 4 aromatic carbocycles. The number of aromatic nitrogens is 6. The van der Waals surface area contributed by atoms with Crippen molar-refractivity contribution in [2.24, 2.45) is 0 Å². The van der Waals surface area contributed by atoms with Crippen LogP contribution in [0.4, 0.5) is 13.2 Å². The first kappa shape index (κ1) is 32.5. The van der Waals surface area contributed by atoms with E-state index in [1.165, 1.54) is 23.1 Å². The lowest BCUT2D eigenvalue weighted by Crippen LogP contribution is -2.04. The van der Waals surface area contributed by atoms with Crippen LogP contribution in [0.2, 0.25) is 0 Å². The van der Waals surface area contributed by atoms with Gasteiger partial charge in [0.05, 0.1) is 62.8 Å². The van der Waals surface area contributed by atoms with Gasteiger partial charge in [-0.3, -0.25) is 9.97 Å². The molecule has 0 fully saturated rings. The van der Waals surface area contributed by atoms with Crippen molar-refractivity contribution in [3.8, 4) is 45.3 Å². The van der Waals surface area contributed by atoms with Gasteiger partial charge in [0.2, 0.25) is 0 Å². The zero-order valence-corrected chi connectivity index (χ0v) is 29.3. The summed E-state index contributed by atoms with van der Waals surface area (Å²) in [5.41, 5.74) is 10.7. The fourth-order valence-corrected chi connectivity index (χ4v) is 7.67. The van der Waals surface area contributed by atoms with Gasteiger partial charge in [-0.05, 0) is 97.9 Å². The van der Waals surface area contributed by atoms with Gasteiger partial charge in [-0.1, -0.05) is 48.0 Å². The van der Waals surface area contributed by atoms with Crippen LogP contribution in [0.1, 0.15) is 11.1 Å². The molecule has 0 N–H and O–H groups in total. The second-order valence-corrected chi connectivity index (χ2v) is 13.6. The second-order valence-electron chi connectivity index (χ2n) is 13.6. The van der Waals surface area contributed by atoms with Crippen LogP contribution in [0.5, 0.6) is 0 Å². The van der Waals surface area contributed by atoms with Gasteiger partial charge in [0.1, 0.15) is 0 Å². The minimum absolute atomic E-state index is 0.511. The normalized spacial score (nSPS) is 12.0. The van der Waals surface area contributed by atoms with Crippen molar-refractivity contribution >= 4 is 43.6 Å². The number of rotatable bonds is 5. The van der Waals surface area contributed by atoms with E-state index in [1.54, 1.807) is 18.5 Å². The van der Waals surface area contributed by atoms with Gasteiger partial charge in [-0.15, -0.1) is 0 Å². The van der Waals surface area contributed by atoms with Crippen LogP contribution in [0.3, 0.4) is 0 Å². The predicted molar refractivity (Wildman–Crippen MR) is 212 cm³/mol. The Morgan fingerprint density at radius 1 is 0.455 bits per heavy atom. The molecule has 0 saturated heterocycles. The van der Waals surface area contributed by atoms with E-state index in [9.17, 15) is 13.2 Å². The molecule has 0 amide bonds. The Morgan fingerprint density at radius 2 is 0.945 bits per heavy atom. The third kappa shape index (κ3) is 5.51. The highest BCUT2D eigenvalue weighted by molar-refractivity contribution is 6.10. The number of alkyl halides is 3. The molecule has 6 nitrogen and oxygen atoms in total. The maximum Gasteiger partial charge on any atom is 0.416 e. The largest absolute Gasteiger partial charge is 0.416 e. The number of halogens is 3. The first-order valence-corrected chi connectivity index (χ1v) is 17.8. The number of benzene rings is 4. The van der Waals surface area contributed by atoms with E-state index in [1.807, 2.05) is 77.6 Å². The summed E-state index contributed by atoms with van der Waals surface area (Å²) in [5.74, 6) is 0. The second kappa shape index (κ2) is 12.5. The van der Waals surface area contributed by atoms with Crippen LogP contribution in [-0.2, 0) is 6.18 Å². The molecule has 6 heterocycles. The molecule has 0 spiro atoms. The average molecular weight is 723 g/mol. The lowest BCUT2D eigenvalue weighted by Gasteiger charge is -2.12. The van der Waals surface area contributed by atoms with Gasteiger partial charge in [0, 0.05) is 56.4 Å². The van der Waals surface area contributed by atoms with Gasteiger partial charge in [0.25, 0.3) is 0 Å². The molecule has 0 atom stereocenters. The number of aryl methyl sites for hydroxylation is 1. The molecule has 9 heteroatoms.